The normalized spacial score (nSPS) is 11.9. The Balaban J connectivity index is 3.87. The van der Waals surface area contributed by atoms with E-state index in [4.69, 9.17) is 14.0 Å². The molecule has 0 aromatic carbocycles. The first-order valence-corrected chi connectivity index (χ1v) is 12.8. The summed E-state index contributed by atoms with van der Waals surface area (Å²) in [5.74, 6) is 3.38. The zero-order valence-corrected chi connectivity index (χ0v) is 19.6. The SMILES string of the molecule is CC(C)SCCCOB(OCCCSC(C)C)OCCCSC(C)C. The van der Waals surface area contributed by atoms with Crippen LogP contribution in [-0.4, -0.2) is 60.2 Å². The lowest BCUT2D eigenvalue weighted by Crippen LogP contribution is -2.29. The van der Waals surface area contributed by atoms with Crippen molar-refractivity contribution in [3.63, 3.8) is 0 Å². The van der Waals surface area contributed by atoms with Crippen LogP contribution in [0.15, 0.2) is 0 Å². The molecule has 0 aromatic heterocycles. The molecule has 0 N–H and O–H groups in total. The van der Waals surface area contributed by atoms with Crippen molar-refractivity contribution >= 4 is 42.6 Å². The maximum Gasteiger partial charge on any atom is 0.639 e. The molecule has 0 spiro atoms. The van der Waals surface area contributed by atoms with E-state index in [-0.39, 0.29) is 0 Å². The second-order valence-corrected chi connectivity index (χ2v) is 11.8. The average Bonchev–Trinajstić information content (AvgIpc) is 2.52. The molecule has 0 bridgehead atoms. The second kappa shape index (κ2) is 18.4. The van der Waals surface area contributed by atoms with Crippen LogP contribution in [0, 0.1) is 0 Å². The minimum atomic E-state index is -0.503. The maximum atomic E-state index is 5.81. The molecule has 0 fully saturated rings. The lowest BCUT2D eigenvalue weighted by atomic mass is 10.2. The summed E-state index contributed by atoms with van der Waals surface area (Å²) in [6.07, 6.45) is 3.12. The van der Waals surface area contributed by atoms with Gasteiger partial charge < -0.3 is 14.0 Å². The van der Waals surface area contributed by atoms with E-state index in [2.05, 4.69) is 41.5 Å². The minimum absolute atomic E-state index is 0.503. The topological polar surface area (TPSA) is 27.7 Å². The Morgan fingerprint density at radius 1 is 0.560 bits per heavy atom. The fourth-order valence-corrected chi connectivity index (χ4v) is 4.08. The predicted octanol–water partition coefficient (Wildman–Crippen LogP) is 5.62. The molecule has 0 heterocycles. The van der Waals surface area contributed by atoms with Crippen LogP contribution in [0.1, 0.15) is 60.8 Å². The van der Waals surface area contributed by atoms with Gasteiger partial charge in [-0.2, -0.15) is 35.3 Å². The molecule has 0 saturated carbocycles. The fourth-order valence-electron chi connectivity index (χ4n) is 1.82. The van der Waals surface area contributed by atoms with Gasteiger partial charge in [-0.15, -0.1) is 0 Å². The quantitative estimate of drug-likeness (QED) is 0.215. The Bertz CT molecular complexity index is 239. The third-order valence-electron chi connectivity index (χ3n) is 2.98. The lowest BCUT2D eigenvalue weighted by molar-refractivity contribution is 0.0940. The number of hydrogen-bond donors (Lipinski definition) is 0. The van der Waals surface area contributed by atoms with Crippen LogP contribution in [0.2, 0.25) is 0 Å². The van der Waals surface area contributed by atoms with Gasteiger partial charge in [0, 0.05) is 19.8 Å². The Morgan fingerprint density at radius 2 is 0.840 bits per heavy atom. The predicted molar refractivity (Wildman–Crippen MR) is 120 cm³/mol. The third-order valence-corrected chi connectivity index (χ3v) is 6.55. The summed E-state index contributed by atoms with van der Waals surface area (Å²) in [7, 11) is -0.503. The van der Waals surface area contributed by atoms with Crippen LogP contribution in [0.25, 0.3) is 0 Å². The Hall–Kier alpha value is 0.995. The van der Waals surface area contributed by atoms with E-state index in [0.29, 0.717) is 35.6 Å². The smallest absolute Gasteiger partial charge is 0.386 e. The van der Waals surface area contributed by atoms with Gasteiger partial charge in [0.2, 0.25) is 0 Å². The molecule has 150 valence electrons. The Morgan fingerprint density at radius 3 is 1.08 bits per heavy atom. The van der Waals surface area contributed by atoms with Crippen LogP contribution >= 0.6 is 35.3 Å². The van der Waals surface area contributed by atoms with Gasteiger partial charge >= 0.3 is 7.32 Å². The van der Waals surface area contributed by atoms with Crippen molar-refractivity contribution in [1.29, 1.82) is 0 Å². The van der Waals surface area contributed by atoms with Crippen molar-refractivity contribution in [2.45, 2.75) is 76.6 Å². The summed E-state index contributed by atoms with van der Waals surface area (Å²) in [5.41, 5.74) is 0. The van der Waals surface area contributed by atoms with Gasteiger partial charge in [-0.3, -0.25) is 0 Å². The highest BCUT2D eigenvalue weighted by molar-refractivity contribution is 8.00. The zero-order valence-electron chi connectivity index (χ0n) is 17.1. The maximum absolute atomic E-state index is 5.81. The molecule has 3 nitrogen and oxygen atoms in total. The van der Waals surface area contributed by atoms with Crippen LogP contribution in [0.4, 0.5) is 0 Å². The summed E-state index contributed by atoms with van der Waals surface area (Å²) in [4.78, 5) is 0. The van der Waals surface area contributed by atoms with Crippen molar-refractivity contribution in [3.8, 4) is 0 Å². The van der Waals surface area contributed by atoms with Crippen molar-refractivity contribution < 1.29 is 14.0 Å². The molecule has 7 heteroatoms. The highest BCUT2D eigenvalue weighted by Crippen LogP contribution is 2.13. The monoisotopic (exact) mass is 410 g/mol. The summed E-state index contributed by atoms with van der Waals surface area (Å²) in [6, 6.07) is 0. The summed E-state index contributed by atoms with van der Waals surface area (Å²) >= 11 is 5.91. The second-order valence-electron chi connectivity index (χ2n) is 6.72. The molecule has 0 aliphatic heterocycles. The zero-order chi connectivity index (χ0) is 18.9. The molecule has 0 radical (unpaired) electrons. The highest BCUT2D eigenvalue weighted by atomic mass is 32.2. The molecule has 0 unspecified atom stereocenters. The Kier molecular flexibility index (Phi) is 19.1. The number of rotatable bonds is 18. The number of hydrogen-bond acceptors (Lipinski definition) is 6. The van der Waals surface area contributed by atoms with Gasteiger partial charge in [-0.25, -0.2) is 0 Å². The molecule has 0 saturated heterocycles. The van der Waals surface area contributed by atoms with Crippen molar-refractivity contribution in [2.75, 3.05) is 37.1 Å². The van der Waals surface area contributed by atoms with Crippen molar-refractivity contribution in [1.82, 2.24) is 0 Å². The summed E-state index contributed by atoms with van der Waals surface area (Å²) in [5, 5.41) is 2.04. The van der Waals surface area contributed by atoms with Crippen LogP contribution in [0.5, 0.6) is 0 Å². The van der Waals surface area contributed by atoms with Gasteiger partial charge in [0.25, 0.3) is 0 Å². The van der Waals surface area contributed by atoms with Crippen LogP contribution in [-0.2, 0) is 14.0 Å². The van der Waals surface area contributed by atoms with Crippen LogP contribution < -0.4 is 0 Å². The molecule has 0 rings (SSSR count). The van der Waals surface area contributed by atoms with Gasteiger partial charge in [0.05, 0.1) is 0 Å². The first kappa shape index (κ1) is 26.0. The Labute approximate surface area is 170 Å². The third kappa shape index (κ3) is 21.2. The molecule has 25 heavy (non-hydrogen) atoms. The largest absolute Gasteiger partial charge is 0.639 e. The fraction of sp³-hybridized carbons (Fsp3) is 1.00. The van der Waals surface area contributed by atoms with Crippen molar-refractivity contribution in [2.24, 2.45) is 0 Å². The van der Waals surface area contributed by atoms with E-state index in [1.165, 1.54) is 0 Å². The van der Waals surface area contributed by atoms with Gasteiger partial charge in [0.15, 0.2) is 0 Å². The lowest BCUT2D eigenvalue weighted by Gasteiger charge is -2.15. The van der Waals surface area contributed by atoms with Crippen LogP contribution in [0.3, 0.4) is 0 Å². The molecule has 0 aliphatic rings. The van der Waals surface area contributed by atoms with E-state index in [1.807, 2.05) is 35.3 Å². The highest BCUT2D eigenvalue weighted by Gasteiger charge is 2.20. The summed E-state index contributed by atoms with van der Waals surface area (Å²) < 4.78 is 17.4. The molecule has 0 aromatic rings. The van der Waals surface area contributed by atoms with E-state index in [9.17, 15) is 0 Å². The molecule has 0 aliphatic carbocycles. The molecule has 0 amide bonds. The molecule has 0 atom stereocenters. The van der Waals surface area contributed by atoms with E-state index in [1.54, 1.807) is 0 Å². The average molecular weight is 411 g/mol. The van der Waals surface area contributed by atoms with E-state index < -0.39 is 7.32 Å². The first-order chi connectivity index (χ1) is 11.9. The van der Waals surface area contributed by atoms with E-state index in [0.717, 1.165) is 36.5 Å². The summed E-state index contributed by atoms with van der Waals surface area (Å²) in [6.45, 7) is 15.5. The minimum Gasteiger partial charge on any atom is -0.386 e. The van der Waals surface area contributed by atoms with Gasteiger partial charge in [-0.1, -0.05) is 41.5 Å². The first-order valence-electron chi connectivity index (χ1n) is 9.61. The van der Waals surface area contributed by atoms with Gasteiger partial charge in [0.1, 0.15) is 0 Å². The standard InChI is InChI=1S/C18H39BO3S3/c1-16(2)23-13-7-10-20-19(21-11-8-14-24-17(3)4)22-12-9-15-25-18(5)6/h16-18H,7-15H2,1-6H3. The number of thioether (sulfide) groups is 3. The van der Waals surface area contributed by atoms with E-state index >= 15 is 0 Å². The van der Waals surface area contributed by atoms with Crippen molar-refractivity contribution in [3.05, 3.63) is 0 Å². The molecular weight excluding hydrogens is 371 g/mol. The molecular formula is C18H39BO3S3. The van der Waals surface area contributed by atoms with Gasteiger partial charge in [-0.05, 0) is 52.3 Å².